The first-order valence-corrected chi connectivity index (χ1v) is 50.8. The van der Waals surface area contributed by atoms with Crippen molar-refractivity contribution in [3.8, 4) is 33.6 Å². The number of para-hydroxylation sites is 10. The lowest BCUT2D eigenvalue weighted by Crippen LogP contribution is -2.30. The molecule has 0 bridgehead atoms. The van der Waals surface area contributed by atoms with Gasteiger partial charge in [-0.2, -0.15) is 0 Å². The number of rotatable bonds is 8. The maximum absolute atomic E-state index is 12.0. The molecule has 7 N–H and O–H groups in total. The number of aldehydes is 2. The summed E-state index contributed by atoms with van der Waals surface area (Å²) in [6.07, 6.45) is 1.67. The Kier molecular flexibility index (Phi) is 30.4. The number of aromatic nitrogens is 6. The van der Waals surface area contributed by atoms with Gasteiger partial charge in [-0.25, -0.2) is 15.0 Å². The molecule has 26 rings (SSSR count). The monoisotopic (exact) mass is 2130 g/mol. The number of fused-ring (bicyclic) bond motifs is 24. The zero-order valence-electron chi connectivity index (χ0n) is 76.6. The average Bonchev–Trinajstić information content (AvgIpc) is 1.59. The lowest BCUT2D eigenvalue weighted by molar-refractivity contribution is 0.111. The summed E-state index contributed by atoms with van der Waals surface area (Å²) in [6, 6.07) is 140. The Labute approximate surface area is 882 Å². The Morgan fingerprint density at radius 3 is 1.11 bits per heavy atom. The molecule has 0 aliphatic heterocycles. The summed E-state index contributed by atoms with van der Waals surface area (Å²) >= 11 is 52.8. The SMILES string of the molecule is Clc1ccc2ccc(-c3nc4ccccc4[nH]3)c(-c3ccccc3Cl)c2c1.Clc1ccc2ccc3c(c2c1)c1ccccc1n1c2ccccc2nc31.Clc1ccc2ccc3c(c2c1)c1ccccc1n1c2ccccc2nc31.Nc1ccccc1N.O=Cc1ccc2ccc(Cl)cc2c1-c1ccccc1Cl.O=Cc1ccc2ccc(Cl)cc2c1Br.O=[P+](c1ccccc1)c1ccccc1.OB(O)c1ccccc1Cl. The van der Waals surface area contributed by atoms with Crippen LogP contribution in [0.15, 0.2) is 435 Å². The Morgan fingerprint density at radius 1 is 0.310 bits per heavy atom. The van der Waals surface area contributed by atoms with E-state index in [0.717, 1.165) is 170 Å². The number of nitrogen functional groups attached to an aromatic ring is 2. The van der Waals surface area contributed by atoms with Crippen molar-refractivity contribution in [3.63, 3.8) is 0 Å². The van der Waals surface area contributed by atoms with Gasteiger partial charge < -0.3 is 26.5 Å². The fourth-order valence-corrected chi connectivity index (χ4v) is 21.2. The minimum Gasteiger partial charge on any atom is -0.423 e. The fraction of sp³-hybridized carbons (Fsp3) is 0. The van der Waals surface area contributed by atoms with Crippen molar-refractivity contribution >= 4 is 305 Å². The summed E-state index contributed by atoms with van der Waals surface area (Å²) in [5.41, 5.74) is 28.8. The molecule has 0 spiro atoms. The van der Waals surface area contributed by atoms with Gasteiger partial charge >= 0.3 is 14.9 Å². The molecule has 5 heterocycles. The van der Waals surface area contributed by atoms with Crippen LogP contribution in [0.25, 0.3) is 175 Å². The highest BCUT2D eigenvalue weighted by Gasteiger charge is 2.25. The van der Waals surface area contributed by atoms with Crippen LogP contribution in [0.1, 0.15) is 20.7 Å². The van der Waals surface area contributed by atoms with Gasteiger partial charge in [0.2, 0.25) is 0 Å². The second kappa shape index (κ2) is 44.6. The zero-order valence-corrected chi connectivity index (χ0v) is 85.1. The van der Waals surface area contributed by atoms with Crippen LogP contribution in [0, 0.1) is 0 Å². The molecule has 5 aromatic heterocycles. The molecule has 24 heteroatoms. The molecule has 13 nitrogen and oxygen atoms in total. The van der Waals surface area contributed by atoms with Gasteiger partial charge in [-0.1, -0.05) is 340 Å². The number of nitrogens with zero attached hydrogens (tertiary/aromatic N) is 5. The number of benzene rings is 21. The van der Waals surface area contributed by atoms with Crippen molar-refractivity contribution < 1.29 is 24.2 Å². The molecule has 0 aliphatic rings. The molecule has 0 radical (unpaired) electrons. The van der Waals surface area contributed by atoms with E-state index >= 15 is 0 Å². The highest BCUT2D eigenvalue weighted by atomic mass is 79.9. The number of anilines is 2. The van der Waals surface area contributed by atoms with Crippen LogP contribution in [0.3, 0.4) is 0 Å². The second-order valence-corrected chi connectivity index (χ2v) is 39.4. The molecule has 0 aliphatic carbocycles. The van der Waals surface area contributed by atoms with E-state index in [1.54, 1.807) is 42.5 Å². The van der Waals surface area contributed by atoms with E-state index < -0.39 is 14.9 Å². The van der Waals surface area contributed by atoms with E-state index in [1.165, 1.54) is 43.1 Å². The summed E-state index contributed by atoms with van der Waals surface area (Å²) in [6.45, 7) is 0. The number of carbonyl (C=O) groups excluding carboxylic acids is 2. The van der Waals surface area contributed by atoms with Gasteiger partial charge in [0.15, 0.2) is 23.2 Å². The first-order valence-electron chi connectivity index (χ1n) is 45.7. The molecule has 704 valence electrons. The van der Waals surface area contributed by atoms with Crippen LogP contribution in [0.2, 0.25) is 40.2 Å². The third-order valence-corrected chi connectivity index (χ3v) is 29.3. The van der Waals surface area contributed by atoms with Crippen molar-refractivity contribution in [2.24, 2.45) is 0 Å². The minimum absolute atomic E-state index is 0.337. The number of nitrogens with one attached hydrogen (secondary N) is 1. The number of H-pyrrole nitrogens is 1. The number of nitrogens with two attached hydrogens (primary N) is 2. The van der Waals surface area contributed by atoms with Gasteiger partial charge in [0, 0.05) is 121 Å². The third kappa shape index (κ3) is 21.2. The number of halogens is 9. The van der Waals surface area contributed by atoms with Gasteiger partial charge in [0.1, 0.15) is 17.1 Å². The van der Waals surface area contributed by atoms with E-state index in [4.69, 9.17) is 129 Å². The van der Waals surface area contributed by atoms with E-state index in [9.17, 15) is 14.2 Å². The van der Waals surface area contributed by atoms with Crippen LogP contribution >= 0.6 is 117 Å². The molecule has 145 heavy (non-hydrogen) atoms. The van der Waals surface area contributed by atoms with E-state index in [2.05, 4.69) is 175 Å². The zero-order chi connectivity index (χ0) is 100. The Bertz CT molecular complexity index is 9150. The largest absolute Gasteiger partial charge is 0.489 e. The Hall–Kier alpha value is -14.8. The highest BCUT2D eigenvalue weighted by molar-refractivity contribution is 9.10. The lowest BCUT2D eigenvalue weighted by Gasteiger charge is -2.14. The van der Waals surface area contributed by atoms with Crippen molar-refractivity contribution in [2.45, 2.75) is 0 Å². The predicted octanol–water partition coefficient (Wildman–Crippen LogP) is 33.6. The molecule has 0 unspecified atom stereocenters. The van der Waals surface area contributed by atoms with Gasteiger partial charge in [-0.15, -0.1) is 0 Å². The molecule has 0 amide bonds. The topological polar surface area (TPSA) is 207 Å². The summed E-state index contributed by atoms with van der Waals surface area (Å²) < 4.78 is 17.3. The van der Waals surface area contributed by atoms with E-state index in [0.29, 0.717) is 58.1 Å². The van der Waals surface area contributed by atoms with Crippen LogP contribution in [-0.4, -0.2) is 58.5 Å². The van der Waals surface area contributed by atoms with Crippen molar-refractivity contribution in [2.75, 3.05) is 11.5 Å². The quantitative estimate of drug-likeness (QED) is 0.0320. The summed E-state index contributed by atoms with van der Waals surface area (Å²) in [7, 11) is -2.90. The number of carbonyl (C=O) groups is 2. The molecule has 26 aromatic rings. The predicted molar refractivity (Wildman–Crippen MR) is 618 cm³/mol. The standard InChI is InChI=1S/C23H14Cl2N2.2C23H13ClN2.C17H10Cl2O.C12H10OP.C11H6BrClO.C6H6BClO2.C6H8N2/c24-15-11-9-14-10-12-17(23-26-20-7-3-4-8-21(20)27-23)22(18(14)13-15)16-5-1-2-6-19(16)25;2*24-15-11-9-14-10-12-17-22(18(14)13-15)16-5-1-3-7-20(16)26-21-8-4-2-6-19(21)25-23(17)26;18-13-8-7-11-5-6-12(10-20)17(15(11)9-13)14-3-1-2-4-16(14)19;13-14(11-7-3-1-4-8-11)12-9-5-2-6-10-12;12-11-8(6-14)2-1-7-3-4-9(13)5-10(7)11;8-6-4-2-1-3-5(6)7(9)10;7-5-3-1-2-4-6(5)8/h1-13H,(H,26,27);2*1-13H;1-10H;1-10H;1-6H;1-4,9-10H;1-4H,7-8H2/q;;;;+1;;;. The molecule has 0 atom stereocenters. The number of imidazole rings is 3. The average molecular weight is 2130 g/mol. The van der Waals surface area contributed by atoms with Gasteiger partial charge in [0.25, 0.3) is 0 Å². The van der Waals surface area contributed by atoms with Crippen molar-refractivity contribution in [1.82, 2.24) is 28.7 Å². The summed E-state index contributed by atoms with van der Waals surface area (Å²) in [5.74, 6) is 0.813. The van der Waals surface area contributed by atoms with E-state index in [-0.39, 0.29) is 0 Å². The second-order valence-electron chi connectivity index (χ2n) is 33.6. The number of hydrogen-bond acceptors (Lipinski definition) is 10. The lowest BCUT2D eigenvalue weighted by atomic mass is 9.80. The normalized spacial score (nSPS) is 11.0. The van der Waals surface area contributed by atoms with Gasteiger partial charge in [-0.05, 0) is 258 Å². The molecule has 21 aromatic carbocycles. The fourth-order valence-electron chi connectivity index (χ4n) is 17.9. The van der Waals surface area contributed by atoms with Crippen LogP contribution in [-0.2, 0) is 4.57 Å². The highest BCUT2D eigenvalue weighted by Crippen LogP contribution is 2.45. The summed E-state index contributed by atoms with van der Waals surface area (Å²) in [5, 5.41) is 42.3. The third-order valence-electron chi connectivity index (χ3n) is 24.7. The van der Waals surface area contributed by atoms with Crippen LogP contribution < -0.4 is 27.5 Å². The van der Waals surface area contributed by atoms with Crippen LogP contribution in [0.4, 0.5) is 11.4 Å². The maximum Gasteiger partial charge on any atom is 0.489 e. The minimum atomic E-state index is -1.48. The molecular formula is C121H80BBrCl8N8O5P+. The molecular weight excluding hydrogens is 2050 g/mol. The first-order chi connectivity index (χ1) is 70.6. The Morgan fingerprint density at radius 2 is 0.662 bits per heavy atom. The Balaban J connectivity index is 0.000000108. The number of aromatic amines is 1. The molecule has 0 saturated carbocycles. The number of hydrogen-bond donors (Lipinski definition) is 5. The van der Waals surface area contributed by atoms with Crippen LogP contribution in [0.5, 0.6) is 0 Å². The first kappa shape index (κ1) is 98.9. The molecule has 0 saturated heterocycles. The maximum atomic E-state index is 12.0. The van der Waals surface area contributed by atoms with Gasteiger partial charge in [0.05, 0.1) is 55.5 Å². The van der Waals surface area contributed by atoms with Crippen molar-refractivity contribution in [3.05, 3.63) is 486 Å². The summed E-state index contributed by atoms with van der Waals surface area (Å²) in [4.78, 5) is 40.2. The van der Waals surface area contributed by atoms with E-state index in [1.807, 2.05) is 243 Å². The number of pyridine rings is 2. The molecule has 0 fully saturated rings. The smallest absolute Gasteiger partial charge is 0.423 e. The van der Waals surface area contributed by atoms with Gasteiger partial charge in [-0.3, -0.25) is 18.4 Å². The van der Waals surface area contributed by atoms with Crippen molar-refractivity contribution in [1.29, 1.82) is 0 Å².